The zero-order valence-electron chi connectivity index (χ0n) is 10.8. The van der Waals surface area contributed by atoms with Crippen molar-refractivity contribution < 1.29 is 0 Å². The predicted octanol–water partition coefficient (Wildman–Crippen LogP) is 5.21. The van der Waals surface area contributed by atoms with E-state index in [4.69, 9.17) is 28.9 Å². The molecule has 0 radical (unpaired) electrons. The van der Waals surface area contributed by atoms with Gasteiger partial charge in [-0.2, -0.15) is 0 Å². The minimum atomic E-state index is 0.0615. The van der Waals surface area contributed by atoms with Crippen molar-refractivity contribution in [3.63, 3.8) is 0 Å². The average Bonchev–Trinajstić information content (AvgIpc) is 2.36. The molecule has 0 saturated heterocycles. The van der Waals surface area contributed by atoms with Gasteiger partial charge in [0.25, 0.3) is 0 Å². The smallest absolute Gasteiger partial charge is 0.0424 e. The highest BCUT2D eigenvalue weighted by Crippen LogP contribution is 2.40. The Morgan fingerprint density at radius 2 is 1.78 bits per heavy atom. The monoisotopic (exact) mass is 285 g/mol. The molecule has 0 amide bonds. The number of hydrogen-bond donors (Lipinski definition) is 1. The van der Waals surface area contributed by atoms with Crippen molar-refractivity contribution in [2.45, 2.75) is 45.1 Å². The van der Waals surface area contributed by atoms with Crippen molar-refractivity contribution >= 4 is 23.2 Å². The molecule has 0 spiro atoms. The van der Waals surface area contributed by atoms with Crippen LogP contribution in [0.5, 0.6) is 0 Å². The van der Waals surface area contributed by atoms with Gasteiger partial charge in [0.05, 0.1) is 0 Å². The topological polar surface area (TPSA) is 26.0 Å². The molecule has 1 aromatic rings. The predicted molar refractivity (Wildman–Crippen MR) is 79.1 cm³/mol. The first-order valence-electron chi connectivity index (χ1n) is 6.83. The van der Waals surface area contributed by atoms with Crippen LogP contribution in [-0.2, 0) is 0 Å². The van der Waals surface area contributed by atoms with Crippen LogP contribution in [0.15, 0.2) is 18.2 Å². The fourth-order valence-electron chi connectivity index (χ4n) is 3.23. The Labute approximate surface area is 120 Å². The fourth-order valence-corrected chi connectivity index (χ4v) is 3.77. The molecule has 100 valence electrons. The van der Waals surface area contributed by atoms with E-state index in [9.17, 15) is 0 Å². The summed E-state index contributed by atoms with van der Waals surface area (Å²) in [6.45, 7) is 2.26. The van der Waals surface area contributed by atoms with Gasteiger partial charge in [0.1, 0.15) is 0 Å². The van der Waals surface area contributed by atoms with E-state index in [0.29, 0.717) is 16.0 Å². The second-order valence-electron chi connectivity index (χ2n) is 5.35. The van der Waals surface area contributed by atoms with Crippen molar-refractivity contribution in [2.24, 2.45) is 17.6 Å². The SMILES string of the molecule is CCC1CCCCC1C(N)c1cc(Cl)cc(Cl)c1. The summed E-state index contributed by atoms with van der Waals surface area (Å²) in [5, 5.41) is 1.36. The van der Waals surface area contributed by atoms with Gasteiger partial charge in [0, 0.05) is 16.1 Å². The second-order valence-corrected chi connectivity index (χ2v) is 6.22. The minimum absolute atomic E-state index is 0.0615. The van der Waals surface area contributed by atoms with E-state index in [1.165, 1.54) is 32.1 Å². The Bertz CT molecular complexity index is 385. The molecule has 1 nitrogen and oxygen atoms in total. The number of hydrogen-bond acceptors (Lipinski definition) is 1. The normalized spacial score (nSPS) is 26.0. The summed E-state index contributed by atoms with van der Waals surface area (Å²) in [4.78, 5) is 0. The van der Waals surface area contributed by atoms with Gasteiger partial charge in [-0.15, -0.1) is 0 Å². The molecule has 0 bridgehead atoms. The Morgan fingerprint density at radius 3 is 2.39 bits per heavy atom. The van der Waals surface area contributed by atoms with E-state index in [1.807, 2.05) is 12.1 Å². The molecule has 2 N–H and O–H groups in total. The highest BCUT2D eigenvalue weighted by atomic mass is 35.5. The molecule has 3 unspecified atom stereocenters. The highest BCUT2D eigenvalue weighted by Gasteiger charge is 2.29. The number of rotatable bonds is 3. The maximum Gasteiger partial charge on any atom is 0.0424 e. The van der Waals surface area contributed by atoms with Gasteiger partial charge in [-0.3, -0.25) is 0 Å². The Kier molecular flexibility index (Phi) is 4.94. The van der Waals surface area contributed by atoms with Crippen molar-refractivity contribution in [1.82, 2.24) is 0 Å². The first-order valence-corrected chi connectivity index (χ1v) is 7.59. The minimum Gasteiger partial charge on any atom is -0.324 e. The summed E-state index contributed by atoms with van der Waals surface area (Å²) in [5.41, 5.74) is 7.54. The van der Waals surface area contributed by atoms with E-state index in [1.54, 1.807) is 6.07 Å². The maximum atomic E-state index is 6.46. The first kappa shape index (κ1) is 14.2. The lowest BCUT2D eigenvalue weighted by atomic mass is 9.73. The molecule has 0 aliphatic heterocycles. The number of nitrogens with two attached hydrogens (primary N) is 1. The molecule has 2 rings (SSSR count). The van der Waals surface area contributed by atoms with Gasteiger partial charge in [-0.1, -0.05) is 55.8 Å². The number of benzene rings is 1. The quantitative estimate of drug-likeness (QED) is 0.811. The van der Waals surface area contributed by atoms with Crippen LogP contribution < -0.4 is 5.73 Å². The van der Waals surface area contributed by atoms with E-state index >= 15 is 0 Å². The summed E-state index contributed by atoms with van der Waals surface area (Å²) in [7, 11) is 0. The van der Waals surface area contributed by atoms with E-state index in [0.717, 1.165) is 11.5 Å². The molecule has 0 heterocycles. The van der Waals surface area contributed by atoms with Crippen molar-refractivity contribution in [3.8, 4) is 0 Å². The van der Waals surface area contributed by atoms with Crippen LogP contribution in [0.3, 0.4) is 0 Å². The van der Waals surface area contributed by atoms with Crippen LogP contribution in [0, 0.1) is 11.8 Å². The third-order valence-corrected chi connectivity index (χ3v) is 4.66. The van der Waals surface area contributed by atoms with Gasteiger partial charge >= 0.3 is 0 Å². The zero-order chi connectivity index (χ0) is 13.1. The molecule has 0 aromatic heterocycles. The maximum absolute atomic E-state index is 6.46. The lowest BCUT2D eigenvalue weighted by molar-refractivity contribution is 0.196. The van der Waals surface area contributed by atoms with Crippen LogP contribution in [0.4, 0.5) is 0 Å². The summed E-state index contributed by atoms with van der Waals surface area (Å²) in [5.74, 6) is 1.31. The first-order chi connectivity index (χ1) is 8.61. The van der Waals surface area contributed by atoms with Crippen LogP contribution in [0.2, 0.25) is 10.0 Å². The summed E-state index contributed by atoms with van der Waals surface area (Å²) >= 11 is 12.1. The van der Waals surface area contributed by atoms with Gasteiger partial charge < -0.3 is 5.73 Å². The molecule has 1 aliphatic carbocycles. The lowest BCUT2D eigenvalue weighted by Gasteiger charge is -2.35. The van der Waals surface area contributed by atoms with Crippen LogP contribution >= 0.6 is 23.2 Å². The lowest BCUT2D eigenvalue weighted by Crippen LogP contribution is -2.30. The third-order valence-electron chi connectivity index (χ3n) is 4.22. The van der Waals surface area contributed by atoms with E-state index < -0.39 is 0 Å². The highest BCUT2D eigenvalue weighted by molar-refractivity contribution is 6.34. The van der Waals surface area contributed by atoms with Gasteiger partial charge in [0.15, 0.2) is 0 Å². The molecule has 1 saturated carbocycles. The summed E-state index contributed by atoms with van der Waals surface area (Å²) < 4.78 is 0. The molecule has 3 heteroatoms. The third kappa shape index (κ3) is 3.20. The average molecular weight is 286 g/mol. The van der Waals surface area contributed by atoms with Gasteiger partial charge in [0.2, 0.25) is 0 Å². The van der Waals surface area contributed by atoms with Gasteiger partial charge in [-0.05, 0) is 42.0 Å². The molecule has 1 aromatic carbocycles. The van der Waals surface area contributed by atoms with E-state index in [2.05, 4.69) is 6.92 Å². The summed E-state index contributed by atoms with van der Waals surface area (Å²) in [6.07, 6.45) is 6.39. The molecule has 1 fully saturated rings. The summed E-state index contributed by atoms with van der Waals surface area (Å²) in [6, 6.07) is 5.74. The van der Waals surface area contributed by atoms with E-state index in [-0.39, 0.29) is 6.04 Å². The molecular weight excluding hydrogens is 265 g/mol. The molecule has 3 atom stereocenters. The largest absolute Gasteiger partial charge is 0.324 e. The van der Waals surface area contributed by atoms with Crippen molar-refractivity contribution in [1.29, 1.82) is 0 Å². The van der Waals surface area contributed by atoms with Crippen molar-refractivity contribution in [2.75, 3.05) is 0 Å². The van der Waals surface area contributed by atoms with Crippen LogP contribution in [0.25, 0.3) is 0 Å². The van der Waals surface area contributed by atoms with Crippen molar-refractivity contribution in [3.05, 3.63) is 33.8 Å². The fraction of sp³-hybridized carbons (Fsp3) is 0.600. The van der Waals surface area contributed by atoms with Crippen LogP contribution in [0.1, 0.15) is 50.6 Å². The molecule has 1 aliphatic rings. The molecule has 18 heavy (non-hydrogen) atoms. The Balaban J connectivity index is 2.20. The molecular formula is C15H21Cl2N. The Hall–Kier alpha value is -0.240. The number of halogens is 2. The second kappa shape index (κ2) is 6.27. The Morgan fingerprint density at radius 1 is 1.17 bits per heavy atom. The van der Waals surface area contributed by atoms with Gasteiger partial charge in [-0.25, -0.2) is 0 Å². The van der Waals surface area contributed by atoms with Crippen LogP contribution in [-0.4, -0.2) is 0 Å². The zero-order valence-corrected chi connectivity index (χ0v) is 12.3. The standard InChI is InChI=1S/C15H21Cl2N/c1-2-10-5-3-4-6-14(10)15(18)11-7-12(16)9-13(17)8-11/h7-10,14-15H,2-6,18H2,1H3.